The molecule has 0 aromatic rings. The van der Waals surface area contributed by atoms with Crippen LogP contribution in [0.2, 0.25) is 0 Å². The van der Waals surface area contributed by atoms with Gasteiger partial charge in [0, 0.05) is 6.92 Å². The van der Waals surface area contributed by atoms with Crippen molar-refractivity contribution in [1.82, 2.24) is 0 Å². The van der Waals surface area contributed by atoms with Crippen molar-refractivity contribution < 1.29 is 19.1 Å². The van der Waals surface area contributed by atoms with Crippen molar-refractivity contribution in [2.75, 3.05) is 6.61 Å². The maximum atomic E-state index is 11.2. The number of hydrogen-bond donors (Lipinski definition) is 0. The van der Waals surface area contributed by atoms with Crippen LogP contribution in [-0.4, -0.2) is 18.5 Å². The van der Waals surface area contributed by atoms with Crippen LogP contribution in [0.4, 0.5) is 0 Å². The first kappa shape index (κ1) is 12.4. The predicted octanol–water partition coefficient (Wildman–Crippen LogP) is 1.57. The number of carbonyl (C=O) groups excluding carboxylic acids is 2. The molecule has 14 heavy (non-hydrogen) atoms. The molecule has 0 radical (unpaired) electrons. The largest absolute Gasteiger partial charge is 0.463 e. The maximum absolute atomic E-state index is 11.2. The molecule has 0 aliphatic carbocycles. The number of esters is 2. The lowest BCUT2D eigenvalue weighted by Crippen LogP contribution is -2.09. The summed E-state index contributed by atoms with van der Waals surface area (Å²) in [4.78, 5) is 21.8. The second-order valence-electron chi connectivity index (χ2n) is 2.51. The molecule has 0 unspecified atom stereocenters. The van der Waals surface area contributed by atoms with E-state index >= 15 is 0 Å². The van der Waals surface area contributed by atoms with E-state index < -0.39 is 11.9 Å². The molecule has 78 valence electrons. The van der Waals surface area contributed by atoms with Crippen molar-refractivity contribution in [1.29, 1.82) is 0 Å². The topological polar surface area (TPSA) is 52.6 Å². The Kier molecular flexibility index (Phi) is 5.29. The molecule has 0 amide bonds. The van der Waals surface area contributed by atoms with E-state index in [9.17, 15) is 9.59 Å². The monoisotopic (exact) mass is 198 g/mol. The Balaban J connectivity index is 4.73. The first-order valence-corrected chi connectivity index (χ1v) is 4.21. The van der Waals surface area contributed by atoms with Gasteiger partial charge in [0.05, 0.1) is 12.2 Å². The molecule has 4 nitrogen and oxygen atoms in total. The minimum atomic E-state index is -0.511. The van der Waals surface area contributed by atoms with E-state index in [1.807, 2.05) is 0 Å². The van der Waals surface area contributed by atoms with Crippen molar-refractivity contribution in [2.24, 2.45) is 0 Å². The van der Waals surface area contributed by atoms with Crippen molar-refractivity contribution in [3.8, 4) is 0 Å². The highest BCUT2D eigenvalue weighted by atomic mass is 16.5. The number of hydrogen-bond acceptors (Lipinski definition) is 4. The third kappa shape index (κ3) is 3.89. The molecule has 0 aromatic carbocycles. The van der Waals surface area contributed by atoms with Gasteiger partial charge in [-0.2, -0.15) is 0 Å². The number of rotatable bonds is 4. The highest BCUT2D eigenvalue weighted by Gasteiger charge is 2.12. The van der Waals surface area contributed by atoms with E-state index in [-0.39, 0.29) is 17.9 Å². The number of carbonyl (C=O) groups is 2. The molecule has 0 bridgehead atoms. The van der Waals surface area contributed by atoms with Gasteiger partial charge < -0.3 is 9.47 Å². The standard InChI is InChI=1S/C10H14O4/c1-5-9(14-8(4)11)7(3)10(12)13-6-2/h5H,1,6H2,2-4H3. The fourth-order valence-corrected chi connectivity index (χ4v) is 0.766. The zero-order valence-corrected chi connectivity index (χ0v) is 8.62. The molecule has 0 heterocycles. The molecule has 0 rings (SSSR count). The second kappa shape index (κ2) is 5.96. The van der Waals surface area contributed by atoms with Crippen molar-refractivity contribution in [3.63, 3.8) is 0 Å². The predicted molar refractivity (Wildman–Crippen MR) is 51.3 cm³/mol. The van der Waals surface area contributed by atoms with Gasteiger partial charge in [-0.3, -0.25) is 4.79 Å². The summed E-state index contributed by atoms with van der Waals surface area (Å²) in [7, 11) is 0. The smallest absolute Gasteiger partial charge is 0.337 e. The Labute approximate surface area is 83.2 Å². The molecular weight excluding hydrogens is 184 g/mol. The van der Waals surface area contributed by atoms with Crippen LogP contribution in [0.5, 0.6) is 0 Å². The Bertz CT molecular complexity index is 276. The van der Waals surface area contributed by atoms with E-state index in [0.717, 1.165) is 0 Å². The molecule has 0 saturated carbocycles. The van der Waals surface area contributed by atoms with Gasteiger partial charge in [-0.15, -0.1) is 0 Å². The molecule has 0 aromatic heterocycles. The maximum Gasteiger partial charge on any atom is 0.337 e. The first-order chi connectivity index (χ1) is 6.52. The molecular formula is C10H14O4. The Morgan fingerprint density at radius 1 is 1.36 bits per heavy atom. The van der Waals surface area contributed by atoms with Crippen LogP contribution < -0.4 is 0 Å². The Morgan fingerprint density at radius 3 is 2.29 bits per heavy atom. The van der Waals surface area contributed by atoms with E-state index in [1.165, 1.54) is 19.9 Å². The lowest BCUT2D eigenvalue weighted by molar-refractivity contribution is -0.139. The average molecular weight is 198 g/mol. The lowest BCUT2D eigenvalue weighted by atomic mass is 10.2. The summed E-state index contributed by atoms with van der Waals surface area (Å²) in [6, 6.07) is 0. The minimum Gasteiger partial charge on any atom is -0.463 e. The van der Waals surface area contributed by atoms with Gasteiger partial charge in [-0.1, -0.05) is 6.58 Å². The van der Waals surface area contributed by atoms with Gasteiger partial charge in [0.25, 0.3) is 0 Å². The van der Waals surface area contributed by atoms with Crippen LogP contribution in [0.25, 0.3) is 0 Å². The van der Waals surface area contributed by atoms with Crippen LogP contribution in [-0.2, 0) is 19.1 Å². The zero-order chi connectivity index (χ0) is 11.1. The summed E-state index contributed by atoms with van der Waals surface area (Å²) >= 11 is 0. The highest BCUT2D eigenvalue weighted by molar-refractivity contribution is 5.89. The van der Waals surface area contributed by atoms with Crippen LogP contribution >= 0.6 is 0 Å². The zero-order valence-electron chi connectivity index (χ0n) is 8.62. The molecule has 0 aliphatic heterocycles. The summed E-state index contributed by atoms with van der Waals surface area (Å²) in [5, 5.41) is 0. The minimum absolute atomic E-state index is 0.135. The SMILES string of the molecule is C=CC(OC(C)=O)=C(C)C(=O)OCC. The fourth-order valence-electron chi connectivity index (χ4n) is 0.766. The highest BCUT2D eigenvalue weighted by Crippen LogP contribution is 2.09. The molecule has 0 saturated heterocycles. The molecule has 0 N–H and O–H groups in total. The summed E-state index contributed by atoms with van der Waals surface area (Å²) in [6.45, 7) is 8.18. The van der Waals surface area contributed by atoms with Crippen molar-refractivity contribution in [2.45, 2.75) is 20.8 Å². The second-order valence-corrected chi connectivity index (χ2v) is 2.51. The fraction of sp³-hybridized carbons (Fsp3) is 0.400. The van der Waals surface area contributed by atoms with E-state index in [1.54, 1.807) is 6.92 Å². The third-order valence-corrected chi connectivity index (χ3v) is 1.39. The normalized spacial score (nSPS) is 11.4. The van der Waals surface area contributed by atoms with Crippen molar-refractivity contribution >= 4 is 11.9 Å². The Hall–Kier alpha value is -1.58. The Morgan fingerprint density at radius 2 is 1.93 bits per heavy atom. The summed E-state index contributed by atoms with van der Waals surface area (Å²) < 4.78 is 9.48. The summed E-state index contributed by atoms with van der Waals surface area (Å²) in [5.74, 6) is -0.872. The van der Waals surface area contributed by atoms with Gasteiger partial charge in [-0.25, -0.2) is 4.79 Å². The van der Waals surface area contributed by atoms with E-state index in [2.05, 4.69) is 6.58 Å². The molecule has 0 spiro atoms. The van der Waals surface area contributed by atoms with Crippen LogP contribution in [0.15, 0.2) is 24.0 Å². The molecule has 0 atom stereocenters. The van der Waals surface area contributed by atoms with Gasteiger partial charge in [0.15, 0.2) is 0 Å². The lowest BCUT2D eigenvalue weighted by Gasteiger charge is -2.06. The first-order valence-electron chi connectivity index (χ1n) is 4.21. The quantitative estimate of drug-likeness (QED) is 0.298. The number of allylic oxidation sites excluding steroid dienone is 1. The molecule has 0 aliphatic rings. The van der Waals surface area contributed by atoms with Crippen LogP contribution in [0.3, 0.4) is 0 Å². The van der Waals surface area contributed by atoms with Gasteiger partial charge >= 0.3 is 11.9 Å². The van der Waals surface area contributed by atoms with Crippen molar-refractivity contribution in [3.05, 3.63) is 24.0 Å². The van der Waals surface area contributed by atoms with Crippen LogP contribution in [0, 0.1) is 0 Å². The van der Waals surface area contributed by atoms with E-state index in [4.69, 9.17) is 9.47 Å². The summed E-state index contributed by atoms with van der Waals surface area (Å²) in [6.07, 6.45) is 1.30. The van der Waals surface area contributed by atoms with Crippen LogP contribution in [0.1, 0.15) is 20.8 Å². The third-order valence-electron chi connectivity index (χ3n) is 1.39. The summed E-state index contributed by atoms with van der Waals surface area (Å²) in [5.41, 5.74) is 0.233. The molecule has 4 heteroatoms. The molecule has 0 fully saturated rings. The van der Waals surface area contributed by atoms with Gasteiger partial charge in [-0.05, 0) is 19.9 Å². The number of ether oxygens (including phenoxy) is 2. The van der Waals surface area contributed by atoms with Gasteiger partial charge in [0.1, 0.15) is 5.76 Å². The van der Waals surface area contributed by atoms with E-state index in [0.29, 0.717) is 0 Å². The van der Waals surface area contributed by atoms with Gasteiger partial charge in [0.2, 0.25) is 0 Å². The average Bonchev–Trinajstić information content (AvgIpc) is 2.13.